The molecule has 0 aliphatic heterocycles. The van der Waals surface area contributed by atoms with Crippen LogP contribution in [0.2, 0.25) is 0 Å². The minimum atomic E-state index is -1.32. The number of hydrogen-bond acceptors (Lipinski definition) is 3. The quantitative estimate of drug-likeness (QED) is 0.565. The van der Waals surface area contributed by atoms with E-state index in [0.29, 0.717) is 12.8 Å². The second kappa shape index (κ2) is 4.51. The van der Waals surface area contributed by atoms with E-state index in [-0.39, 0.29) is 5.91 Å². The van der Waals surface area contributed by atoms with Crippen molar-refractivity contribution in [3.05, 3.63) is 0 Å². The van der Waals surface area contributed by atoms with Gasteiger partial charge in [0, 0.05) is 7.05 Å². The fourth-order valence-electron chi connectivity index (χ4n) is 1.69. The largest absolute Gasteiger partial charge is 0.480 e. The summed E-state index contributed by atoms with van der Waals surface area (Å²) in [6.45, 7) is 1.52. The van der Waals surface area contributed by atoms with Crippen LogP contribution >= 0.6 is 0 Å². The van der Waals surface area contributed by atoms with Crippen LogP contribution in [0.25, 0.3) is 0 Å². The van der Waals surface area contributed by atoms with E-state index >= 15 is 0 Å². The third-order valence-electron chi connectivity index (χ3n) is 3.04. The minimum absolute atomic E-state index is 0.340. The summed E-state index contributed by atoms with van der Waals surface area (Å²) in [6, 6.07) is -0.714. The number of carbonyl (C=O) groups excluding carboxylic acids is 2. The molecule has 6 nitrogen and oxygen atoms in total. The summed E-state index contributed by atoms with van der Waals surface area (Å²) in [5.41, 5.74) is -1.32. The zero-order valence-corrected chi connectivity index (χ0v) is 9.37. The van der Waals surface area contributed by atoms with Gasteiger partial charge in [0.25, 0.3) is 0 Å². The highest BCUT2D eigenvalue weighted by Gasteiger charge is 2.51. The smallest absolute Gasteiger partial charge is 0.319 e. The Kier molecular flexibility index (Phi) is 3.51. The molecule has 6 heteroatoms. The highest BCUT2D eigenvalue weighted by molar-refractivity contribution is 6.04. The molecule has 0 saturated heterocycles. The number of hydrogen-bond donors (Lipinski definition) is 3. The molecule has 0 bridgehead atoms. The van der Waals surface area contributed by atoms with Gasteiger partial charge in [-0.1, -0.05) is 6.42 Å². The van der Waals surface area contributed by atoms with Crippen molar-refractivity contribution in [3.8, 4) is 0 Å². The zero-order valence-electron chi connectivity index (χ0n) is 9.37. The molecular formula is C10H16N2O4. The van der Waals surface area contributed by atoms with Crippen LogP contribution in [-0.2, 0) is 14.4 Å². The van der Waals surface area contributed by atoms with Crippen LogP contribution in [-0.4, -0.2) is 36.0 Å². The SMILES string of the molecule is CNC(=O)C(C)NC(=O)C1(C(=O)O)CCC1. The fraction of sp³-hybridized carbons (Fsp3) is 0.700. The topological polar surface area (TPSA) is 95.5 Å². The molecule has 0 aromatic rings. The Balaban J connectivity index is 2.64. The van der Waals surface area contributed by atoms with Gasteiger partial charge >= 0.3 is 5.97 Å². The molecule has 0 aromatic heterocycles. The number of rotatable bonds is 4. The van der Waals surface area contributed by atoms with Gasteiger partial charge in [-0.25, -0.2) is 0 Å². The highest BCUT2D eigenvalue weighted by Crippen LogP contribution is 2.41. The predicted molar refractivity (Wildman–Crippen MR) is 55.6 cm³/mol. The van der Waals surface area contributed by atoms with Crippen molar-refractivity contribution in [2.45, 2.75) is 32.2 Å². The zero-order chi connectivity index (χ0) is 12.3. The van der Waals surface area contributed by atoms with Crippen LogP contribution in [0.1, 0.15) is 26.2 Å². The number of carboxylic acids is 1. The van der Waals surface area contributed by atoms with Gasteiger partial charge < -0.3 is 15.7 Å². The number of carboxylic acid groups (broad SMARTS) is 1. The second-order valence-corrected chi connectivity index (χ2v) is 4.05. The number of nitrogens with one attached hydrogen (secondary N) is 2. The van der Waals surface area contributed by atoms with Gasteiger partial charge in [0.2, 0.25) is 11.8 Å². The first-order chi connectivity index (χ1) is 7.44. The number of likely N-dealkylation sites (N-methyl/N-ethyl adjacent to an activating group) is 1. The Morgan fingerprint density at radius 2 is 1.88 bits per heavy atom. The van der Waals surface area contributed by atoms with E-state index in [0.717, 1.165) is 6.42 Å². The predicted octanol–water partition coefficient (Wildman–Crippen LogP) is -0.508. The molecule has 1 fully saturated rings. The van der Waals surface area contributed by atoms with Crippen LogP contribution in [0.3, 0.4) is 0 Å². The van der Waals surface area contributed by atoms with Gasteiger partial charge in [-0.05, 0) is 19.8 Å². The second-order valence-electron chi connectivity index (χ2n) is 4.05. The molecule has 0 spiro atoms. The maximum atomic E-state index is 11.7. The molecule has 2 amide bonds. The maximum absolute atomic E-state index is 11.7. The minimum Gasteiger partial charge on any atom is -0.480 e. The molecule has 3 N–H and O–H groups in total. The third-order valence-corrected chi connectivity index (χ3v) is 3.04. The van der Waals surface area contributed by atoms with Crippen molar-refractivity contribution in [1.29, 1.82) is 0 Å². The Bertz CT molecular complexity index is 323. The molecule has 1 aliphatic carbocycles. The third kappa shape index (κ3) is 2.00. The lowest BCUT2D eigenvalue weighted by Crippen LogP contribution is -2.55. The van der Waals surface area contributed by atoms with Crippen LogP contribution in [0.5, 0.6) is 0 Å². The lowest BCUT2D eigenvalue weighted by Gasteiger charge is -2.36. The van der Waals surface area contributed by atoms with E-state index in [1.165, 1.54) is 14.0 Å². The Labute approximate surface area is 93.4 Å². The summed E-state index contributed by atoms with van der Waals surface area (Å²) in [5, 5.41) is 13.8. The molecule has 1 aliphatic rings. The molecule has 90 valence electrons. The monoisotopic (exact) mass is 228 g/mol. The highest BCUT2D eigenvalue weighted by atomic mass is 16.4. The van der Waals surface area contributed by atoms with Crippen LogP contribution in [0.4, 0.5) is 0 Å². The summed E-state index contributed by atoms with van der Waals surface area (Å²) < 4.78 is 0. The number of amides is 2. The maximum Gasteiger partial charge on any atom is 0.319 e. The summed E-state index contributed by atoms with van der Waals surface area (Å²) in [6.07, 6.45) is 1.41. The fourth-order valence-corrected chi connectivity index (χ4v) is 1.69. The molecule has 16 heavy (non-hydrogen) atoms. The average Bonchev–Trinajstić information content (AvgIpc) is 2.13. The standard InChI is InChI=1S/C10H16N2O4/c1-6(7(13)11-2)12-8(14)10(9(15)16)4-3-5-10/h6H,3-5H2,1-2H3,(H,11,13)(H,12,14)(H,15,16). The lowest BCUT2D eigenvalue weighted by molar-refractivity contribution is -0.162. The Hall–Kier alpha value is -1.59. The van der Waals surface area contributed by atoms with Crippen molar-refractivity contribution < 1.29 is 19.5 Å². The Morgan fingerprint density at radius 3 is 2.19 bits per heavy atom. The Morgan fingerprint density at radius 1 is 1.31 bits per heavy atom. The van der Waals surface area contributed by atoms with E-state index in [2.05, 4.69) is 10.6 Å². The van der Waals surface area contributed by atoms with E-state index in [1.807, 2.05) is 0 Å². The van der Waals surface area contributed by atoms with Crippen molar-refractivity contribution in [2.24, 2.45) is 5.41 Å². The van der Waals surface area contributed by atoms with Crippen LogP contribution in [0, 0.1) is 5.41 Å². The van der Waals surface area contributed by atoms with Gasteiger partial charge in [-0.15, -0.1) is 0 Å². The summed E-state index contributed by atoms with van der Waals surface area (Å²) in [5.74, 6) is -2.02. The molecular weight excluding hydrogens is 212 g/mol. The van der Waals surface area contributed by atoms with Gasteiger partial charge in [0.1, 0.15) is 11.5 Å². The summed E-state index contributed by atoms with van der Waals surface area (Å²) in [4.78, 5) is 33.9. The first kappa shape index (κ1) is 12.5. The van der Waals surface area contributed by atoms with Gasteiger partial charge in [0.05, 0.1) is 0 Å². The molecule has 0 heterocycles. The van der Waals surface area contributed by atoms with Crippen molar-refractivity contribution in [3.63, 3.8) is 0 Å². The molecule has 0 radical (unpaired) electrons. The van der Waals surface area contributed by atoms with E-state index in [4.69, 9.17) is 5.11 Å². The van der Waals surface area contributed by atoms with E-state index in [1.54, 1.807) is 0 Å². The molecule has 1 atom stereocenters. The van der Waals surface area contributed by atoms with E-state index < -0.39 is 23.3 Å². The summed E-state index contributed by atoms with van der Waals surface area (Å²) >= 11 is 0. The normalized spacial score (nSPS) is 19.1. The van der Waals surface area contributed by atoms with E-state index in [9.17, 15) is 14.4 Å². The first-order valence-corrected chi connectivity index (χ1v) is 5.20. The van der Waals surface area contributed by atoms with Crippen molar-refractivity contribution in [2.75, 3.05) is 7.05 Å². The van der Waals surface area contributed by atoms with Gasteiger partial charge in [-0.2, -0.15) is 0 Å². The molecule has 1 unspecified atom stereocenters. The number of aliphatic carboxylic acids is 1. The number of carbonyl (C=O) groups is 3. The van der Waals surface area contributed by atoms with Crippen LogP contribution in [0.15, 0.2) is 0 Å². The van der Waals surface area contributed by atoms with Crippen LogP contribution < -0.4 is 10.6 Å². The van der Waals surface area contributed by atoms with Crippen molar-refractivity contribution >= 4 is 17.8 Å². The molecule has 0 aromatic carbocycles. The summed E-state index contributed by atoms with van der Waals surface area (Å²) in [7, 11) is 1.46. The molecule has 1 rings (SSSR count). The van der Waals surface area contributed by atoms with Gasteiger partial charge in [0.15, 0.2) is 0 Å². The van der Waals surface area contributed by atoms with Crippen molar-refractivity contribution in [1.82, 2.24) is 10.6 Å². The average molecular weight is 228 g/mol. The first-order valence-electron chi connectivity index (χ1n) is 5.20. The molecule has 1 saturated carbocycles. The lowest BCUT2D eigenvalue weighted by atomic mass is 9.68. The van der Waals surface area contributed by atoms with Gasteiger partial charge in [-0.3, -0.25) is 14.4 Å².